The number of carbonyl (C=O) groups excluding carboxylic acids is 1. The summed E-state index contributed by atoms with van der Waals surface area (Å²) in [7, 11) is 0. The van der Waals surface area contributed by atoms with Gasteiger partial charge in [-0.25, -0.2) is 0 Å². The van der Waals surface area contributed by atoms with Gasteiger partial charge >= 0.3 is 0 Å². The number of para-hydroxylation sites is 1. The second kappa shape index (κ2) is 7.87. The van der Waals surface area contributed by atoms with Crippen molar-refractivity contribution in [3.63, 3.8) is 0 Å². The summed E-state index contributed by atoms with van der Waals surface area (Å²) in [6.07, 6.45) is 1.51. The van der Waals surface area contributed by atoms with Gasteiger partial charge in [0.25, 0.3) is 5.91 Å². The van der Waals surface area contributed by atoms with Crippen molar-refractivity contribution < 1.29 is 4.79 Å². The Kier molecular flexibility index (Phi) is 5.37. The summed E-state index contributed by atoms with van der Waals surface area (Å²) in [6, 6.07) is 17.4. The molecule has 1 heterocycles. The van der Waals surface area contributed by atoms with Gasteiger partial charge in [-0.1, -0.05) is 35.3 Å². The maximum Gasteiger partial charge on any atom is 0.274 e. The van der Waals surface area contributed by atoms with Gasteiger partial charge in [-0.3, -0.25) is 9.78 Å². The van der Waals surface area contributed by atoms with Crippen LogP contribution in [-0.4, -0.2) is 10.9 Å². The molecule has 26 heavy (non-hydrogen) atoms. The van der Waals surface area contributed by atoms with E-state index in [9.17, 15) is 4.79 Å². The summed E-state index contributed by atoms with van der Waals surface area (Å²) in [5.74, 6) is -0.436. The third-order valence-corrected chi connectivity index (χ3v) is 4.10. The Balaban J connectivity index is 1.80. The Morgan fingerprint density at radius 1 is 1.00 bits per heavy atom. The largest absolute Gasteiger partial charge is 0.355 e. The van der Waals surface area contributed by atoms with E-state index in [2.05, 4.69) is 21.7 Å². The molecule has 0 fully saturated rings. The lowest BCUT2D eigenvalue weighted by molar-refractivity contribution is 0.102. The predicted octanol–water partition coefficient (Wildman–Crippen LogP) is 5.26. The molecule has 2 aromatic carbocycles. The van der Waals surface area contributed by atoms with E-state index in [0.717, 1.165) is 5.69 Å². The van der Waals surface area contributed by atoms with Crippen molar-refractivity contribution in [2.75, 3.05) is 10.6 Å². The summed E-state index contributed by atoms with van der Waals surface area (Å²) in [5.41, 5.74) is 2.46. The van der Waals surface area contributed by atoms with Crippen LogP contribution < -0.4 is 10.6 Å². The van der Waals surface area contributed by atoms with Crippen LogP contribution in [-0.2, 0) is 0 Å². The highest BCUT2D eigenvalue weighted by Crippen LogP contribution is 2.30. The van der Waals surface area contributed by atoms with E-state index >= 15 is 0 Å². The molecule has 7 heteroatoms. The number of nitriles is 1. The second-order valence-electron chi connectivity index (χ2n) is 5.30. The number of amides is 1. The number of hydrogen-bond acceptors (Lipinski definition) is 4. The number of nitrogens with one attached hydrogen (secondary N) is 2. The molecule has 1 amide bonds. The number of hydrogen-bond donors (Lipinski definition) is 2. The molecule has 0 saturated heterocycles. The number of benzene rings is 2. The van der Waals surface area contributed by atoms with Gasteiger partial charge in [-0.2, -0.15) is 5.26 Å². The molecule has 0 bridgehead atoms. The van der Waals surface area contributed by atoms with Crippen LogP contribution in [0.15, 0.2) is 60.8 Å². The smallest absolute Gasteiger partial charge is 0.274 e. The van der Waals surface area contributed by atoms with Crippen LogP contribution in [0.25, 0.3) is 0 Å². The molecule has 1 aromatic heterocycles. The number of pyridine rings is 1. The van der Waals surface area contributed by atoms with Crippen LogP contribution in [0, 0.1) is 11.3 Å². The molecule has 5 nitrogen and oxygen atoms in total. The second-order valence-corrected chi connectivity index (χ2v) is 6.11. The average molecular weight is 383 g/mol. The van der Waals surface area contributed by atoms with E-state index in [1.807, 2.05) is 6.07 Å². The maximum atomic E-state index is 12.5. The lowest BCUT2D eigenvalue weighted by Gasteiger charge is -2.10. The number of carbonyl (C=O) groups is 1. The molecule has 3 rings (SSSR count). The van der Waals surface area contributed by atoms with Crippen LogP contribution >= 0.6 is 23.2 Å². The van der Waals surface area contributed by atoms with Gasteiger partial charge < -0.3 is 10.6 Å². The van der Waals surface area contributed by atoms with Crippen molar-refractivity contribution >= 4 is 46.2 Å². The van der Waals surface area contributed by atoms with E-state index < -0.39 is 5.91 Å². The third kappa shape index (κ3) is 4.12. The zero-order chi connectivity index (χ0) is 18.5. The summed E-state index contributed by atoms with van der Waals surface area (Å²) in [5, 5.41) is 15.5. The molecule has 0 spiro atoms. The Morgan fingerprint density at radius 2 is 1.69 bits per heavy atom. The minimum atomic E-state index is -0.436. The number of aromatic nitrogens is 1. The summed E-state index contributed by atoms with van der Waals surface area (Å²) in [4.78, 5) is 16.5. The van der Waals surface area contributed by atoms with Crippen LogP contribution in [0.4, 0.5) is 17.1 Å². The lowest BCUT2D eigenvalue weighted by atomic mass is 10.2. The van der Waals surface area contributed by atoms with Crippen LogP contribution in [0.1, 0.15) is 16.1 Å². The number of anilines is 3. The highest BCUT2D eigenvalue weighted by Gasteiger charge is 2.13. The fourth-order valence-electron chi connectivity index (χ4n) is 2.26. The minimum absolute atomic E-state index is 0.197. The molecular weight excluding hydrogens is 371 g/mol. The maximum absolute atomic E-state index is 12.5. The summed E-state index contributed by atoms with van der Waals surface area (Å²) < 4.78 is 0. The first kappa shape index (κ1) is 17.7. The van der Waals surface area contributed by atoms with Crippen molar-refractivity contribution in [1.82, 2.24) is 4.98 Å². The molecule has 128 valence electrons. The number of halogens is 2. The molecule has 0 radical (unpaired) electrons. The van der Waals surface area contributed by atoms with Crippen molar-refractivity contribution in [3.05, 3.63) is 82.1 Å². The first-order chi connectivity index (χ1) is 12.6. The van der Waals surface area contributed by atoms with Crippen molar-refractivity contribution in [2.45, 2.75) is 0 Å². The average Bonchev–Trinajstić information content (AvgIpc) is 2.65. The fraction of sp³-hybridized carbons (Fsp3) is 0. The minimum Gasteiger partial charge on any atom is -0.355 e. The number of rotatable bonds is 4. The van der Waals surface area contributed by atoms with Gasteiger partial charge in [0.15, 0.2) is 0 Å². The lowest BCUT2D eigenvalue weighted by Crippen LogP contribution is -2.14. The Hall–Kier alpha value is -3.07. The highest BCUT2D eigenvalue weighted by molar-refractivity contribution is 6.40. The molecule has 0 atom stereocenters. The van der Waals surface area contributed by atoms with Crippen LogP contribution in [0.3, 0.4) is 0 Å². The van der Waals surface area contributed by atoms with E-state index in [1.54, 1.807) is 48.5 Å². The molecule has 0 saturated carbocycles. The zero-order valence-electron chi connectivity index (χ0n) is 13.3. The van der Waals surface area contributed by atoms with E-state index in [4.69, 9.17) is 28.5 Å². The third-order valence-electron chi connectivity index (χ3n) is 3.47. The first-order valence-electron chi connectivity index (χ1n) is 7.55. The topological polar surface area (TPSA) is 77.8 Å². The molecule has 0 aliphatic heterocycles. The highest BCUT2D eigenvalue weighted by atomic mass is 35.5. The monoisotopic (exact) mass is 382 g/mol. The van der Waals surface area contributed by atoms with Crippen LogP contribution in [0.5, 0.6) is 0 Å². The van der Waals surface area contributed by atoms with E-state index in [1.165, 1.54) is 6.20 Å². The molecule has 0 aliphatic rings. The fourth-order valence-corrected chi connectivity index (χ4v) is 2.75. The summed E-state index contributed by atoms with van der Waals surface area (Å²) >= 11 is 12.1. The van der Waals surface area contributed by atoms with Crippen molar-refractivity contribution in [3.8, 4) is 6.07 Å². The predicted molar refractivity (Wildman–Crippen MR) is 103 cm³/mol. The first-order valence-corrected chi connectivity index (χ1v) is 8.31. The SMILES string of the molecule is N#Cc1cccc(Nc2ccnc(C(=O)Nc3c(Cl)cccc3Cl)c2)c1. The van der Waals surface area contributed by atoms with Crippen molar-refractivity contribution in [1.29, 1.82) is 5.26 Å². The molecule has 0 aliphatic carbocycles. The molecule has 2 N–H and O–H groups in total. The quantitative estimate of drug-likeness (QED) is 0.645. The van der Waals surface area contributed by atoms with Gasteiger partial charge in [-0.05, 0) is 42.5 Å². The van der Waals surface area contributed by atoms with E-state index in [0.29, 0.717) is 27.0 Å². The Morgan fingerprint density at radius 3 is 2.42 bits per heavy atom. The Labute approximate surface area is 160 Å². The van der Waals surface area contributed by atoms with Gasteiger partial charge in [0.05, 0.1) is 27.4 Å². The number of nitrogens with zero attached hydrogens (tertiary/aromatic N) is 2. The standard InChI is InChI=1S/C19H12Cl2N4O/c20-15-5-2-6-16(21)18(15)25-19(26)17-10-14(7-8-23-17)24-13-4-1-3-12(9-13)11-22/h1-10H,(H,23,24)(H,25,26). The Bertz CT molecular complexity index is 994. The van der Waals surface area contributed by atoms with Crippen molar-refractivity contribution in [2.24, 2.45) is 0 Å². The molecular formula is C19H12Cl2N4O. The molecule has 3 aromatic rings. The summed E-state index contributed by atoms with van der Waals surface area (Å²) in [6.45, 7) is 0. The zero-order valence-corrected chi connectivity index (χ0v) is 14.8. The van der Waals surface area contributed by atoms with E-state index in [-0.39, 0.29) is 5.69 Å². The normalized spacial score (nSPS) is 10.0. The van der Waals surface area contributed by atoms with Gasteiger partial charge in [-0.15, -0.1) is 0 Å². The van der Waals surface area contributed by atoms with Gasteiger partial charge in [0.1, 0.15) is 5.69 Å². The molecule has 0 unspecified atom stereocenters. The van der Waals surface area contributed by atoms with Gasteiger partial charge in [0.2, 0.25) is 0 Å². The van der Waals surface area contributed by atoms with Crippen LogP contribution in [0.2, 0.25) is 10.0 Å². The van der Waals surface area contributed by atoms with Gasteiger partial charge in [0, 0.05) is 17.6 Å².